The van der Waals surface area contributed by atoms with E-state index in [1.807, 2.05) is 0 Å². The molecule has 0 aliphatic carbocycles. The number of hydrogen-bond donors (Lipinski definition) is 2. The summed E-state index contributed by atoms with van der Waals surface area (Å²) in [7, 11) is 2.92. The van der Waals surface area contributed by atoms with Crippen LogP contribution in [-0.4, -0.2) is 50.5 Å². The average Bonchev–Trinajstić information content (AvgIpc) is 2.53. The molecule has 22 heavy (non-hydrogen) atoms. The number of ether oxygens (including phenoxy) is 3. The van der Waals surface area contributed by atoms with Gasteiger partial charge in [0.15, 0.2) is 6.04 Å². The molecule has 1 amide bonds. The minimum Gasteiger partial charge on any atom is -0.497 e. The number of methoxy groups -OCH3 is 2. The zero-order valence-electron chi connectivity index (χ0n) is 12.5. The molecule has 7 heteroatoms. The minimum atomic E-state index is -1.19. The van der Waals surface area contributed by atoms with E-state index in [0.717, 1.165) is 0 Å². The Morgan fingerprint density at radius 3 is 2.32 bits per heavy atom. The highest BCUT2D eigenvalue weighted by atomic mass is 16.5. The number of carbonyl (C=O) groups excluding carboxylic acids is 1. The Morgan fingerprint density at radius 1 is 1.27 bits per heavy atom. The fourth-order valence-electron chi connectivity index (χ4n) is 1.62. The van der Waals surface area contributed by atoms with Gasteiger partial charge in [0.05, 0.1) is 27.4 Å². The molecule has 0 heterocycles. The van der Waals surface area contributed by atoms with Crippen LogP contribution in [0, 0.1) is 0 Å². The van der Waals surface area contributed by atoms with Crippen LogP contribution in [0.25, 0.3) is 0 Å². The largest absolute Gasteiger partial charge is 0.497 e. The van der Waals surface area contributed by atoms with Gasteiger partial charge in [0.1, 0.15) is 11.5 Å². The standard InChI is InChI=1S/C15H19NO6/c1-4-5-22-9-13(15(18)19)16-14(17)10-6-11(20-2)8-12(7-10)21-3/h4,6-8,13H,1,5,9H2,2-3H3,(H,16,17)(H,18,19). The van der Waals surface area contributed by atoms with Crippen LogP contribution >= 0.6 is 0 Å². The van der Waals surface area contributed by atoms with E-state index in [9.17, 15) is 9.59 Å². The van der Waals surface area contributed by atoms with Gasteiger partial charge >= 0.3 is 5.97 Å². The number of nitrogens with one attached hydrogen (secondary N) is 1. The van der Waals surface area contributed by atoms with Gasteiger partial charge in [-0.05, 0) is 12.1 Å². The maximum absolute atomic E-state index is 12.2. The summed E-state index contributed by atoms with van der Waals surface area (Å²) in [6, 6.07) is 3.42. The Kier molecular flexibility index (Phi) is 6.91. The second-order valence-corrected chi connectivity index (χ2v) is 4.29. The molecule has 120 valence electrons. The van der Waals surface area contributed by atoms with Crippen molar-refractivity contribution >= 4 is 11.9 Å². The second kappa shape index (κ2) is 8.68. The fourth-order valence-corrected chi connectivity index (χ4v) is 1.62. The molecule has 0 saturated heterocycles. The highest BCUT2D eigenvalue weighted by Crippen LogP contribution is 2.22. The number of carbonyl (C=O) groups is 2. The number of aliphatic carboxylic acids is 1. The summed E-state index contributed by atoms with van der Waals surface area (Å²) in [5.41, 5.74) is 0.228. The van der Waals surface area contributed by atoms with Crippen LogP contribution in [0.3, 0.4) is 0 Å². The highest BCUT2D eigenvalue weighted by Gasteiger charge is 2.21. The lowest BCUT2D eigenvalue weighted by atomic mass is 10.1. The third kappa shape index (κ3) is 5.10. The maximum atomic E-state index is 12.2. The van der Waals surface area contributed by atoms with Gasteiger partial charge in [-0.15, -0.1) is 6.58 Å². The van der Waals surface area contributed by atoms with E-state index in [2.05, 4.69) is 11.9 Å². The molecule has 1 unspecified atom stereocenters. The quantitative estimate of drug-likeness (QED) is 0.524. The zero-order valence-corrected chi connectivity index (χ0v) is 12.5. The SMILES string of the molecule is C=CCOCC(NC(=O)c1cc(OC)cc(OC)c1)C(=O)O. The van der Waals surface area contributed by atoms with Gasteiger partial charge in [-0.2, -0.15) is 0 Å². The van der Waals surface area contributed by atoms with Crippen molar-refractivity contribution in [3.8, 4) is 11.5 Å². The Balaban J connectivity index is 2.84. The normalized spacial score (nSPS) is 11.4. The van der Waals surface area contributed by atoms with Crippen LogP contribution in [0.5, 0.6) is 11.5 Å². The van der Waals surface area contributed by atoms with Crippen molar-refractivity contribution in [3.63, 3.8) is 0 Å². The monoisotopic (exact) mass is 309 g/mol. The first-order valence-electron chi connectivity index (χ1n) is 6.47. The van der Waals surface area contributed by atoms with Gasteiger partial charge in [-0.25, -0.2) is 4.79 Å². The summed E-state index contributed by atoms with van der Waals surface area (Å²) in [5, 5.41) is 11.5. The molecule has 0 spiro atoms. The lowest BCUT2D eigenvalue weighted by Crippen LogP contribution is -2.44. The van der Waals surface area contributed by atoms with Crippen LogP contribution in [0.1, 0.15) is 10.4 Å². The third-order valence-electron chi connectivity index (χ3n) is 2.74. The van der Waals surface area contributed by atoms with Crippen molar-refractivity contribution in [2.24, 2.45) is 0 Å². The number of amides is 1. The highest BCUT2D eigenvalue weighted by molar-refractivity contribution is 5.97. The van der Waals surface area contributed by atoms with Crippen LogP contribution in [0.15, 0.2) is 30.9 Å². The number of carboxylic acid groups (broad SMARTS) is 1. The van der Waals surface area contributed by atoms with Gasteiger partial charge in [0.2, 0.25) is 0 Å². The summed E-state index contributed by atoms with van der Waals surface area (Å²) in [4.78, 5) is 23.3. The van der Waals surface area contributed by atoms with E-state index in [1.165, 1.54) is 32.4 Å². The van der Waals surface area contributed by atoms with Gasteiger partial charge in [-0.3, -0.25) is 4.79 Å². The minimum absolute atomic E-state index is 0.159. The molecule has 1 rings (SSSR count). The van der Waals surface area contributed by atoms with Crippen molar-refractivity contribution in [2.75, 3.05) is 27.4 Å². The van der Waals surface area contributed by atoms with Gasteiger partial charge in [0.25, 0.3) is 5.91 Å². The summed E-state index contributed by atoms with van der Waals surface area (Å²) in [6.07, 6.45) is 1.49. The lowest BCUT2D eigenvalue weighted by molar-refractivity contribution is -0.140. The number of benzene rings is 1. The van der Waals surface area contributed by atoms with Crippen molar-refractivity contribution in [1.82, 2.24) is 5.32 Å². The van der Waals surface area contributed by atoms with Gasteiger partial charge in [-0.1, -0.05) is 6.08 Å². The summed E-state index contributed by atoms with van der Waals surface area (Å²) in [6.45, 7) is 3.50. The Morgan fingerprint density at radius 2 is 1.86 bits per heavy atom. The van der Waals surface area contributed by atoms with E-state index in [4.69, 9.17) is 19.3 Å². The van der Waals surface area contributed by atoms with Gasteiger partial charge in [0, 0.05) is 11.6 Å². The summed E-state index contributed by atoms with van der Waals surface area (Å²) >= 11 is 0. The van der Waals surface area contributed by atoms with Crippen LogP contribution in [0.4, 0.5) is 0 Å². The molecule has 1 atom stereocenters. The molecule has 1 aromatic rings. The second-order valence-electron chi connectivity index (χ2n) is 4.29. The zero-order chi connectivity index (χ0) is 16.5. The van der Waals surface area contributed by atoms with Crippen LogP contribution in [-0.2, 0) is 9.53 Å². The average molecular weight is 309 g/mol. The number of hydrogen-bond acceptors (Lipinski definition) is 5. The maximum Gasteiger partial charge on any atom is 0.328 e. The smallest absolute Gasteiger partial charge is 0.328 e. The van der Waals surface area contributed by atoms with E-state index < -0.39 is 17.9 Å². The van der Waals surface area contributed by atoms with Gasteiger partial charge < -0.3 is 24.6 Å². The molecule has 2 N–H and O–H groups in total. The van der Waals surface area contributed by atoms with Crippen molar-refractivity contribution in [1.29, 1.82) is 0 Å². The van der Waals surface area contributed by atoms with E-state index in [0.29, 0.717) is 11.5 Å². The molecule has 0 aliphatic rings. The van der Waals surface area contributed by atoms with Crippen molar-refractivity contribution in [3.05, 3.63) is 36.4 Å². The molecule has 0 radical (unpaired) electrons. The molecular formula is C15H19NO6. The topological polar surface area (TPSA) is 94.1 Å². The van der Waals surface area contributed by atoms with E-state index in [1.54, 1.807) is 6.07 Å². The Labute approximate surface area is 128 Å². The fraction of sp³-hybridized carbons (Fsp3) is 0.333. The first-order valence-corrected chi connectivity index (χ1v) is 6.47. The van der Waals surface area contributed by atoms with E-state index >= 15 is 0 Å². The van der Waals surface area contributed by atoms with Crippen LogP contribution < -0.4 is 14.8 Å². The number of rotatable bonds is 9. The van der Waals surface area contributed by atoms with Crippen LogP contribution in [0.2, 0.25) is 0 Å². The molecular weight excluding hydrogens is 290 g/mol. The summed E-state index contributed by atoms with van der Waals surface area (Å²) in [5.74, 6) is -0.891. The predicted molar refractivity (Wildman–Crippen MR) is 79.5 cm³/mol. The molecule has 0 aromatic heterocycles. The third-order valence-corrected chi connectivity index (χ3v) is 2.74. The molecule has 0 bridgehead atoms. The molecule has 7 nitrogen and oxygen atoms in total. The predicted octanol–water partition coefficient (Wildman–Crippen LogP) is 1.09. The molecule has 0 aliphatic heterocycles. The Bertz CT molecular complexity index is 521. The molecule has 0 saturated carbocycles. The van der Waals surface area contributed by atoms with Crippen molar-refractivity contribution < 1.29 is 28.9 Å². The molecule has 1 aromatic carbocycles. The van der Waals surface area contributed by atoms with E-state index in [-0.39, 0.29) is 18.8 Å². The number of carboxylic acids is 1. The van der Waals surface area contributed by atoms with Crippen molar-refractivity contribution in [2.45, 2.75) is 6.04 Å². The first kappa shape index (κ1) is 17.5. The Hall–Kier alpha value is -2.54. The lowest BCUT2D eigenvalue weighted by Gasteiger charge is -2.15. The summed E-state index contributed by atoms with van der Waals surface area (Å²) < 4.78 is 15.2. The first-order chi connectivity index (χ1) is 10.5. The molecule has 0 fully saturated rings.